The van der Waals surface area contributed by atoms with Crippen molar-refractivity contribution in [2.75, 3.05) is 13.7 Å². The van der Waals surface area contributed by atoms with Gasteiger partial charge in [-0.15, -0.1) is 0 Å². The Morgan fingerprint density at radius 2 is 2.15 bits per heavy atom. The van der Waals surface area contributed by atoms with Crippen LogP contribution in [0, 0.1) is 0 Å². The molecule has 1 N–H and O–H groups in total. The number of hydrogen-bond donors (Lipinski definition) is 1. The highest BCUT2D eigenvalue weighted by Gasteiger charge is 2.17. The van der Waals surface area contributed by atoms with E-state index in [0.717, 1.165) is 34.4 Å². The molecule has 3 nitrogen and oxygen atoms in total. The molecule has 0 spiro atoms. The van der Waals surface area contributed by atoms with Crippen molar-refractivity contribution in [3.05, 3.63) is 58.3 Å². The van der Waals surface area contributed by atoms with Gasteiger partial charge >= 0.3 is 0 Å². The number of rotatable bonds is 6. The first-order valence-electron chi connectivity index (χ1n) is 6.74. The highest BCUT2D eigenvalue weighted by Crippen LogP contribution is 2.28. The Kier molecular flexibility index (Phi) is 5.56. The minimum Gasteiger partial charge on any atom is -0.497 e. The number of nitrogens with zero attached hydrogens (tertiary/aromatic N) is 1. The number of pyridine rings is 1. The van der Waals surface area contributed by atoms with E-state index in [9.17, 15) is 0 Å². The van der Waals surface area contributed by atoms with Crippen LogP contribution < -0.4 is 10.1 Å². The van der Waals surface area contributed by atoms with E-state index in [-0.39, 0.29) is 6.04 Å². The van der Waals surface area contributed by atoms with E-state index in [1.54, 1.807) is 7.11 Å². The highest BCUT2D eigenvalue weighted by atomic mass is 79.9. The maximum Gasteiger partial charge on any atom is 0.119 e. The van der Waals surface area contributed by atoms with E-state index in [4.69, 9.17) is 4.74 Å². The van der Waals surface area contributed by atoms with E-state index in [1.165, 1.54) is 0 Å². The van der Waals surface area contributed by atoms with Crippen molar-refractivity contribution in [1.29, 1.82) is 0 Å². The molecule has 0 aliphatic heterocycles. The SMILES string of the molecule is CCCNC(c1cccc(OC)c1)c1ncccc1Br. The molecule has 0 aliphatic rings. The summed E-state index contributed by atoms with van der Waals surface area (Å²) < 4.78 is 6.33. The largest absolute Gasteiger partial charge is 0.497 e. The average Bonchev–Trinajstić information content (AvgIpc) is 2.49. The first kappa shape index (κ1) is 15.0. The van der Waals surface area contributed by atoms with Crippen molar-refractivity contribution >= 4 is 15.9 Å². The fourth-order valence-electron chi connectivity index (χ4n) is 2.09. The number of benzene rings is 1. The van der Waals surface area contributed by atoms with Crippen molar-refractivity contribution in [1.82, 2.24) is 10.3 Å². The van der Waals surface area contributed by atoms with E-state index in [0.29, 0.717) is 0 Å². The number of halogens is 1. The summed E-state index contributed by atoms with van der Waals surface area (Å²) in [5, 5.41) is 3.55. The zero-order valence-electron chi connectivity index (χ0n) is 11.8. The van der Waals surface area contributed by atoms with E-state index in [2.05, 4.69) is 45.3 Å². The van der Waals surface area contributed by atoms with Gasteiger partial charge in [-0.3, -0.25) is 4.98 Å². The summed E-state index contributed by atoms with van der Waals surface area (Å²) in [4.78, 5) is 4.51. The van der Waals surface area contributed by atoms with E-state index in [1.807, 2.05) is 30.5 Å². The zero-order valence-corrected chi connectivity index (χ0v) is 13.4. The quantitative estimate of drug-likeness (QED) is 0.868. The molecule has 0 aliphatic carbocycles. The molecule has 1 heterocycles. The van der Waals surface area contributed by atoms with Gasteiger partial charge in [-0.05, 0) is 58.7 Å². The molecule has 0 amide bonds. The van der Waals surface area contributed by atoms with Crippen LogP contribution in [0.1, 0.15) is 30.6 Å². The topological polar surface area (TPSA) is 34.1 Å². The van der Waals surface area contributed by atoms with Crippen molar-refractivity contribution in [2.45, 2.75) is 19.4 Å². The fourth-order valence-corrected chi connectivity index (χ4v) is 2.58. The fraction of sp³-hybridized carbons (Fsp3) is 0.312. The van der Waals surface area contributed by atoms with Crippen LogP contribution in [-0.2, 0) is 0 Å². The second-order valence-corrected chi connectivity index (χ2v) is 5.39. The lowest BCUT2D eigenvalue weighted by molar-refractivity contribution is 0.413. The molecule has 2 rings (SSSR count). The van der Waals surface area contributed by atoms with Gasteiger partial charge in [0.1, 0.15) is 5.75 Å². The number of hydrogen-bond acceptors (Lipinski definition) is 3. The summed E-state index contributed by atoms with van der Waals surface area (Å²) in [6.45, 7) is 3.09. The Labute approximate surface area is 128 Å². The molecule has 1 unspecified atom stereocenters. The molecule has 20 heavy (non-hydrogen) atoms. The van der Waals surface area contributed by atoms with Gasteiger partial charge in [0.05, 0.1) is 18.8 Å². The van der Waals surface area contributed by atoms with Crippen LogP contribution >= 0.6 is 15.9 Å². The van der Waals surface area contributed by atoms with Crippen molar-refractivity contribution < 1.29 is 4.74 Å². The molecule has 0 saturated carbocycles. The lowest BCUT2D eigenvalue weighted by Gasteiger charge is -2.20. The van der Waals surface area contributed by atoms with Gasteiger partial charge in [0, 0.05) is 10.7 Å². The standard InChI is InChI=1S/C16H19BrN2O/c1-3-9-18-15(16-14(17)8-5-10-19-16)12-6-4-7-13(11-12)20-2/h4-8,10-11,15,18H,3,9H2,1-2H3. The van der Waals surface area contributed by atoms with E-state index >= 15 is 0 Å². The van der Waals surface area contributed by atoms with Gasteiger partial charge in [0.15, 0.2) is 0 Å². The zero-order chi connectivity index (χ0) is 14.4. The van der Waals surface area contributed by atoms with Gasteiger partial charge < -0.3 is 10.1 Å². The summed E-state index contributed by atoms with van der Waals surface area (Å²) in [6.07, 6.45) is 2.89. The predicted octanol–water partition coefficient (Wildman–Crippen LogP) is 3.94. The molecule has 1 atom stereocenters. The molecule has 1 aromatic carbocycles. The third-order valence-corrected chi connectivity index (χ3v) is 3.76. The maximum absolute atomic E-state index is 5.32. The molecule has 0 fully saturated rings. The van der Waals surface area contributed by atoms with E-state index < -0.39 is 0 Å². The minimum absolute atomic E-state index is 0.0561. The summed E-state index contributed by atoms with van der Waals surface area (Å²) in [5.41, 5.74) is 2.14. The number of ether oxygens (including phenoxy) is 1. The Morgan fingerprint density at radius 1 is 1.30 bits per heavy atom. The van der Waals surface area contributed by atoms with Gasteiger partial charge in [0.2, 0.25) is 0 Å². The molecular formula is C16H19BrN2O. The number of nitrogens with one attached hydrogen (secondary N) is 1. The normalized spacial score (nSPS) is 12.2. The van der Waals surface area contributed by atoms with Gasteiger partial charge in [-0.25, -0.2) is 0 Å². The van der Waals surface area contributed by atoms with Crippen LogP contribution in [0.5, 0.6) is 5.75 Å². The lowest BCUT2D eigenvalue weighted by Crippen LogP contribution is -2.24. The average molecular weight is 335 g/mol. The van der Waals surface area contributed by atoms with Crippen LogP contribution in [-0.4, -0.2) is 18.6 Å². The maximum atomic E-state index is 5.32. The molecular weight excluding hydrogens is 316 g/mol. The molecule has 1 aromatic heterocycles. The Bertz CT molecular complexity index is 560. The Balaban J connectivity index is 2.38. The minimum atomic E-state index is 0.0561. The second-order valence-electron chi connectivity index (χ2n) is 4.53. The summed E-state index contributed by atoms with van der Waals surface area (Å²) in [7, 11) is 1.68. The van der Waals surface area contributed by atoms with Gasteiger partial charge in [-0.2, -0.15) is 0 Å². The number of aromatic nitrogens is 1. The van der Waals surface area contributed by atoms with Crippen LogP contribution in [0.15, 0.2) is 47.1 Å². The van der Waals surface area contributed by atoms with Crippen LogP contribution in [0.3, 0.4) is 0 Å². The van der Waals surface area contributed by atoms with Gasteiger partial charge in [-0.1, -0.05) is 19.1 Å². The third kappa shape index (κ3) is 3.58. The third-order valence-electron chi connectivity index (χ3n) is 3.09. The summed E-state index contributed by atoms with van der Waals surface area (Å²) in [5.74, 6) is 0.859. The molecule has 106 valence electrons. The second kappa shape index (κ2) is 7.41. The first-order chi connectivity index (χ1) is 9.76. The Morgan fingerprint density at radius 3 is 2.85 bits per heavy atom. The molecule has 0 saturated heterocycles. The molecule has 0 bridgehead atoms. The lowest BCUT2D eigenvalue weighted by atomic mass is 10.0. The monoisotopic (exact) mass is 334 g/mol. The molecule has 2 aromatic rings. The van der Waals surface area contributed by atoms with Crippen LogP contribution in [0.2, 0.25) is 0 Å². The summed E-state index contributed by atoms with van der Waals surface area (Å²) >= 11 is 3.59. The van der Waals surface area contributed by atoms with Crippen molar-refractivity contribution in [2.24, 2.45) is 0 Å². The first-order valence-corrected chi connectivity index (χ1v) is 7.53. The highest BCUT2D eigenvalue weighted by molar-refractivity contribution is 9.10. The van der Waals surface area contributed by atoms with Crippen LogP contribution in [0.25, 0.3) is 0 Å². The Hall–Kier alpha value is -1.39. The van der Waals surface area contributed by atoms with Gasteiger partial charge in [0.25, 0.3) is 0 Å². The molecule has 0 radical (unpaired) electrons. The van der Waals surface area contributed by atoms with Crippen molar-refractivity contribution in [3.8, 4) is 5.75 Å². The molecule has 4 heteroatoms. The number of methoxy groups -OCH3 is 1. The smallest absolute Gasteiger partial charge is 0.119 e. The predicted molar refractivity (Wildman–Crippen MR) is 85.1 cm³/mol. The van der Waals surface area contributed by atoms with Crippen molar-refractivity contribution in [3.63, 3.8) is 0 Å². The van der Waals surface area contributed by atoms with Crippen LogP contribution in [0.4, 0.5) is 0 Å². The summed E-state index contributed by atoms with van der Waals surface area (Å²) in [6, 6.07) is 12.1.